The maximum Gasteiger partial charge on any atom is 0.266 e. The van der Waals surface area contributed by atoms with Crippen LogP contribution in [0.5, 0.6) is 11.5 Å². The zero-order chi connectivity index (χ0) is 32.2. The Balaban J connectivity index is 1.43. The van der Waals surface area contributed by atoms with Gasteiger partial charge in [-0.1, -0.05) is 82.7 Å². The molecular formula is C37H38BrN3O5. The number of amides is 1. The Kier molecular flexibility index (Phi) is 11.6. The lowest BCUT2D eigenvalue weighted by atomic mass is 9.84. The number of benzene rings is 4. The van der Waals surface area contributed by atoms with Crippen LogP contribution in [-0.2, 0) is 16.0 Å². The molecule has 0 fully saturated rings. The third kappa shape index (κ3) is 8.42. The molecule has 1 aliphatic heterocycles. The van der Waals surface area contributed by atoms with E-state index in [0.717, 1.165) is 32.5 Å². The number of aliphatic imine (C=N–C) groups is 1. The molecule has 3 N–H and O–H groups in total. The molecule has 0 bridgehead atoms. The zero-order valence-electron chi connectivity index (χ0n) is 25.7. The first kappa shape index (κ1) is 32.9. The van der Waals surface area contributed by atoms with E-state index in [2.05, 4.69) is 26.8 Å². The van der Waals surface area contributed by atoms with E-state index in [9.17, 15) is 4.79 Å². The van der Waals surface area contributed by atoms with Crippen molar-refractivity contribution in [1.82, 2.24) is 10.9 Å². The Bertz CT molecular complexity index is 1610. The Morgan fingerprint density at radius 1 is 0.978 bits per heavy atom. The second-order valence-corrected chi connectivity index (χ2v) is 11.8. The number of methoxy groups -OCH3 is 1. The van der Waals surface area contributed by atoms with Crippen molar-refractivity contribution in [1.29, 1.82) is 0 Å². The fourth-order valence-corrected chi connectivity index (χ4v) is 5.41. The molecule has 4 aromatic rings. The van der Waals surface area contributed by atoms with Gasteiger partial charge in [0.25, 0.3) is 5.91 Å². The summed E-state index contributed by atoms with van der Waals surface area (Å²) >= 11 is 3.52. The van der Waals surface area contributed by atoms with Gasteiger partial charge in [0.15, 0.2) is 11.6 Å². The van der Waals surface area contributed by atoms with E-state index in [-0.39, 0.29) is 12.5 Å². The van der Waals surface area contributed by atoms with E-state index in [1.165, 1.54) is 0 Å². The molecule has 1 aliphatic rings. The number of carbonyl (C=O) groups is 1. The number of nitrogens with one attached hydrogen (secondary N) is 2. The lowest BCUT2D eigenvalue weighted by Crippen LogP contribution is -2.52. The molecule has 0 aliphatic carbocycles. The van der Waals surface area contributed by atoms with Crippen LogP contribution in [0.1, 0.15) is 41.2 Å². The number of hydrazine groups is 1. The first-order valence-electron chi connectivity index (χ1n) is 15.2. The predicted molar refractivity (Wildman–Crippen MR) is 184 cm³/mol. The summed E-state index contributed by atoms with van der Waals surface area (Å²) in [5, 5.41) is 9.06. The van der Waals surface area contributed by atoms with Crippen molar-refractivity contribution in [3.05, 3.63) is 136 Å². The van der Waals surface area contributed by atoms with Gasteiger partial charge in [-0.15, -0.1) is 0 Å². The van der Waals surface area contributed by atoms with Gasteiger partial charge in [0.1, 0.15) is 11.5 Å². The topological polar surface area (TPSA) is 101 Å². The average molecular weight is 685 g/mol. The number of ether oxygens (including phenoxy) is 3. The molecule has 4 aromatic carbocycles. The Morgan fingerprint density at radius 2 is 1.70 bits per heavy atom. The van der Waals surface area contributed by atoms with Gasteiger partial charge in [0.05, 0.1) is 13.7 Å². The number of carbonyl (C=O) groups excluding carboxylic acids is 1. The van der Waals surface area contributed by atoms with Crippen molar-refractivity contribution in [2.45, 2.75) is 30.9 Å². The van der Waals surface area contributed by atoms with E-state index in [0.29, 0.717) is 44.1 Å². The first-order valence-corrected chi connectivity index (χ1v) is 16.0. The highest BCUT2D eigenvalue weighted by Crippen LogP contribution is 2.43. The SMILES string of the molecule is COc1ccc(CCNNC(=O)[C@@]2(C/C=C/c3ccccc3)N=C(c3ccc(OCCCO)cc3)O[C@H]2c2ccc(Br)cc2)cc1. The van der Waals surface area contributed by atoms with E-state index in [1.54, 1.807) is 7.11 Å². The van der Waals surface area contributed by atoms with Crippen molar-refractivity contribution in [3.8, 4) is 11.5 Å². The van der Waals surface area contributed by atoms with E-state index in [4.69, 9.17) is 24.3 Å². The summed E-state index contributed by atoms with van der Waals surface area (Å²) in [4.78, 5) is 19.3. The van der Waals surface area contributed by atoms with Crippen LogP contribution in [0, 0.1) is 0 Å². The molecule has 5 rings (SSSR count). The molecule has 238 valence electrons. The number of aliphatic hydroxyl groups excluding tert-OH is 1. The Labute approximate surface area is 278 Å². The molecule has 2 atom stereocenters. The van der Waals surface area contributed by atoms with Crippen molar-refractivity contribution in [2.24, 2.45) is 4.99 Å². The number of halogens is 1. The highest BCUT2D eigenvalue weighted by Gasteiger charge is 2.52. The number of rotatable bonds is 15. The second kappa shape index (κ2) is 16.2. The summed E-state index contributed by atoms with van der Waals surface area (Å²) in [5.74, 6) is 1.55. The van der Waals surface area contributed by atoms with Crippen LogP contribution in [0.2, 0.25) is 0 Å². The average Bonchev–Trinajstić information content (AvgIpc) is 3.49. The standard InChI is InChI=1S/C37H38BrN3O5/c1-44-32-18-10-28(11-19-32)22-24-39-41-36(43)37(23-5-9-27-7-3-2-4-8-27)34(29-12-16-31(38)17-13-29)46-35(40-37)30-14-20-33(21-15-30)45-26-6-25-42/h2-5,7-21,34,39,42H,6,22-26H2,1H3,(H,41,43)/b9-5+/t34-,37-/m0/s1. The molecule has 0 saturated heterocycles. The Hall–Kier alpha value is -4.44. The van der Waals surface area contributed by atoms with E-state index >= 15 is 0 Å². The summed E-state index contributed by atoms with van der Waals surface area (Å²) in [6.45, 7) is 1.01. The van der Waals surface area contributed by atoms with Gasteiger partial charge in [0, 0.05) is 36.0 Å². The van der Waals surface area contributed by atoms with Gasteiger partial charge in [-0.2, -0.15) is 0 Å². The third-order valence-electron chi connectivity index (χ3n) is 7.64. The maximum atomic E-state index is 14.3. The van der Waals surface area contributed by atoms with Crippen LogP contribution in [0.4, 0.5) is 0 Å². The molecule has 9 heteroatoms. The fourth-order valence-electron chi connectivity index (χ4n) is 5.14. The lowest BCUT2D eigenvalue weighted by Gasteiger charge is -2.30. The summed E-state index contributed by atoms with van der Waals surface area (Å²) in [6, 6.07) is 33.0. The molecule has 0 aromatic heterocycles. The largest absolute Gasteiger partial charge is 0.497 e. The maximum absolute atomic E-state index is 14.3. The minimum Gasteiger partial charge on any atom is -0.497 e. The zero-order valence-corrected chi connectivity index (χ0v) is 27.3. The van der Waals surface area contributed by atoms with E-state index in [1.807, 2.05) is 115 Å². The van der Waals surface area contributed by atoms with Gasteiger partial charge < -0.3 is 19.3 Å². The predicted octanol–water partition coefficient (Wildman–Crippen LogP) is 6.44. The Morgan fingerprint density at radius 3 is 2.39 bits per heavy atom. The fraction of sp³-hybridized carbons (Fsp3) is 0.243. The van der Waals surface area contributed by atoms with Crippen molar-refractivity contribution >= 4 is 33.8 Å². The van der Waals surface area contributed by atoms with Crippen LogP contribution < -0.4 is 20.3 Å². The van der Waals surface area contributed by atoms with Crippen molar-refractivity contribution < 1.29 is 24.1 Å². The van der Waals surface area contributed by atoms with Gasteiger partial charge >= 0.3 is 0 Å². The highest BCUT2D eigenvalue weighted by atomic mass is 79.9. The van der Waals surface area contributed by atoms with E-state index < -0.39 is 11.6 Å². The number of hydrogen-bond acceptors (Lipinski definition) is 7. The summed E-state index contributed by atoms with van der Waals surface area (Å²) in [5.41, 5.74) is 8.45. The summed E-state index contributed by atoms with van der Waals surface area (Å²) in [6.07, 6.45) is 4.83. The lowest BCUT2D eigenvalue weighted by molar-refractivity contribution is -0.129. The number of aliphatic hydroxyl groups is 1. The molecule has 0 spiro atoms. The normalized spacial score (nSPS) is 17.4. The molecular weight excluding hydrogens is 646 g/mol. The minimum atomic E-state index is -1.31. The van der Waals surface area contributed by atoms with Gasteiger partial charge in [0.2, 0.25) is 5.90 Å². The third-order valence-corrected chi connectivity index (χ3v) is 8.17. The molecule has 0 radical (unpaired) electrons. The van der Waals surface area contributed by atoms with Gasteiger partial charge in [-0.3, -0.25) is 10.2 Å². The van der Waals surface area contributed by atoms with Crippen LogP contribution in [0.3, 0.4) is 0 Å². The smallest absolute Gasteiger partial charge is 0.266 e. The van der Waals surface area contributed by atoms with Crippen LogP contribution in [-0.4, -0.2) is 49.3 Å². The van der Waals surface area contributed by atoms with Crippen LogP contribution >= 0.6 is 15.9 Å². The second-order valence-electron chi connectivity index (χ2n) is 10.8. The van der Waals surface area contributed by atoms with Crippen molar-refractivity contribution in [2.75, 3.05) is 26.9 Å². The first-order chi connectivity index (χ1) is 22.5. The molecule has 0 saturated carbocycles. The summed E-state index contributed by atoms with van der Waals surface area (Å²) in [7, 11) is 1.64. The number of nitrogens with zero attached hydrogens (tertiary/aromatic N) is 1. The molecule has 1 heterocycles. The highest BCUT2D eigenvalue weighted by molar-refractivity contribution is 9.10. The van der Waals surface area contributed by atoms with Gasteiger partial charge in [-0.25, -0.2) is 10.4 Å². The molecule has 0 unspecified atom stereocenters. The monoisotopic (exact) mass is 683 g/mol. The quantitative estimate of drug-likeness (QED) is 0.0985. The molecule has 8 nitrogen and oxygen atoms in total. The van der Waals surface area contributed by atoms with Crippen LogP contribution in [0.15, 0.2) is 119 Å². The van der Waals surface area contributed by atoms with Gasteiger partial charge in [-0.05, 0) is 71.6 Å². The summed E-state index contributed by atoms with van der Waals surface area (Å²) < 4.78 is 18.5. The minimum absolute atomic E-state index is 0.0688. The number of hydrogen-bond donors (Lipinski definition) is 3. The van der Waals surface area contributed by atoms with Crippen molar-refractivity contribution in [3.63, 3.8) is 0 Å². The molecule has 1 amide bonds. The van der Waals surface area contributed by atoms with Crippen LogP contribution in [0.25, 0.3) is 6.08 Å². The molecule has 46 heavy (non-hydrogen) atoms.